The third kappa shape index (κ3) is 4.38. The van der Waals surface area contributed by atoms with Gasteiger partial charge in [-0.1, -0.05) is 42.5 Å². The van der Waals surface area contributed by atoms with Crippen LogP contribution >= 0.6 is 0 Å². The Morgan fingerprint density at radius 1 is 1.07 bits per heavy atom. The zero-order chi connectivity index (χ0) is 19.2. The number of ether oxygens (including phenoxy) is 2. The summed E-state index contributed by atoms with van der Waals surface area (Å²) in [6.07, 6.45) is 4.43. The van der Waals surface area contributed by atoms with Gasteiger partial charge in [0.05, 0.1) is 25.1 Å². The highest BCUT2D eigenvalue weighted by Crippen LogP contribution is 2.30. The Morgan fingerprint density at radius 2 is 1.93 bits per heavy atom. The molecule has 28 heavy (non-hydrogen) atoms. The normalized spacial score (nSPS) is 17.4. The van der Waals surface area contributed by atoms with E-state index in [1.54, 1.807) is 19.5 Å². The highest BCUT2D eigenvalue weighted by molar-refractivity contribution is 5.63. The summed E-state index contributed by atoms with van der Waals surface area (Å²) >= 11 is 0. The van der Waals surface area contributed by atoms with Gasteiger partial charge in [0.1, 0.15) is 11.9 Å². The van der Waals surface area contributed by atoms with Crippen LogP contribution in [-0.2, 0) is 11.2 Å². The minimum Gasteiger partial charge on any atom is -0.497 e. The average Bonchev–Trinajstić information content (AvgIpc) is 2.78. The molecule has 0 radical (unpaired) electrons. The zero-order valence-electron chi connectivity index (χ0n) is 16.1. The fraction of sp³-hybridized carbons (Fsp3) is 0.304. The van der Waals surface area contributed by atoms with E-state index in [1.807, 2.05) is 24.3 Å². The van der Waals surface area contributed by atoms with Crippen LogP contribution < -0.4 is 4.74 Å². The smallest absolute Gasteiger partial charge is 0.119 e. The second-order valence-corrected chi connectivity index (χ2v) is 6.92. The van der Waals surface area contributed by atoms with E-state index < -0.39 is 0 Å². The third-order valence-electron chi connectivity index (χ3n) is 5.08. The molecule has 0 aliphatic carbocycles. The van der Waals surface area contributed by atoms with E-state index in [2.05, 4.69) is 45.2 Å². The van der Waals surface area contributed by atoms with Crippen molar-refractivity contribution in [2.45, 2.75) is 12.5 Å². The lowest BCUT2D eigenvalue weighted by atomic mass is 10.0. The maximum absolute atomic E-state index is 6.09. The van der Waals surface area contributed by atoms with Crippen LogP contribution in [0.1, 0.15) is 17.4 Å². The molecule has 3 aromatic rings. The number of benzene rings is 2. The summed E-state index contributed by atoms with van der Waals surface area (Å²) in [5, 5.41) is 0. The summed E-state index contributed by atoms with van der Waals surface area (Å²) < 4.78 is 11.5. The molecule has 1 aliphatic rings. The SMILES string of the molecule is COc1cccc(-c2nccnc2[C@H]2CN(CCc3ccccc3)CCO2)c1. The van der Waals surface area contributed by atoms with Crippen LogP contribution in [0.2, 0.25) is 0 Å². The Kier molecular flexibility index (Phi) is 5.95. The van der Waals surface area contributed by atoms with Crippen molar-refractivity contribution < 1.29 is 9.47 Å². The number of nitrogens with zero attached hydrogens (tertiary/aromatic N) is 3. The van der Waals surface area contributed by atoms with E-state index >= 15 is 0 Å². The first kappa shape index (κ1) is 18.6. The largest absolute Gasteiger partial charge is 0.497 e. The summed E-state index contributed by atoms with van der Waals surface area (Å²) in [6, 6.07) is 18.5. The highest BCUT2D eigenvalue weighted by atomic mass is 16.5. The minimum absolute atomic E-state index is 0.0839. The summed E-state index contributed by atoms with van der Waals surface area (Å²) in [7, 11) is 1.67. The van der Waals surface area contributed by atoms with Crippen LogP contribution in [0.4, 0.5) is 0 Å². The molecule has 4 rings (SSSR count). The molecule has 5 heteroatoms. The maximum Gasteiger partial charge on any atom is 0.119 e. The first-order valence-corrected chi connectivity index (χ1v) is 9.66. The van der Waals surface area contributed by atoms with Gasteiger partial charge in [-0.05, 0) is 24.1 Å². The molecule has 2 aromatic carbocycles. The molecule has 144 valence electrons. The molecule has 2 heterocycles. The quantitative estimate of drug-likeness (QED) is 0.656. The fourth-order valence-corrected chi connectivity index (χ4v) is 3.58. The lowest BCUT2D eigenvalue weighted by Crippen LogP contribution is -2.39. The van der Waals surface area contributed by atoms with Crippen molar-refractivity contribution in [2.24, 2.45) is 0 Å². The van der Waals surface area contributed by atoms with Gasteiger partial charge in [0.2, 0.25) is 0 Å². The van der Waals surface area contributed by atoms with Crippen molar-refractivity contribution in [3.05, 3.63) is 78.2 Å². The Balaban J connectivity index is 1.50. The number of aromatic nitrogens is 2. The first-order valence-electron chi connectivity index (χ1n) is 9.66. The Bertz CT molecular complexity index is 901. The van der Waals surface area contributed by atoms with Gasteiger partial charge in [0.15, 0.2) is 0 Å². The second kappa shape index (κ2) is 8.95. The molecule has 1 fully saturated rings. The molecule has 1 saturated heterocycles. The van der Waals surface area contributed by atoms with Crippen LogP contribution in [0.3, 0.4) is 0 Å². The summed E-state index contributed by atoms with van der Waals surface area (Å²) in [4.78, 5) is 11.7. The maximum atomic E-state index is 6.09. The fourth-order valence-electron chi connectivity index (χ4n) is 3.58. The van der Waals surface area contributed by atoms with Crippen LogP contribution in [0.25, 0.3) is 11.3 Å². The van der Waals surface area contributed by atoms with Gasteiger partial charge in [-0.15, -0.1) is 0 Å². The molecule has 0 amide bonds. The van der Waals surface area contributed by atoms with E-state index in [0.29, 0.717) is 6.61 Å². The van der Waals surface area contributed by atoms with Crippen molar-refractivity contribution in [1.82, 2.24) is 14.9 Å². The van der Waals surface area contributed by atoms with Gasteiger partial charge >= 0.3 is 0 Å². The Labute approximate surface area is 166 Å². The lowest BCUT2D eigenvalue weighted by Gasteiger charge is -2.33. The predicted octanol–water partition coefficient (Wildman–Crippen LogP) is 3.77. The average molecular weight is 375 g/mol. The first-order chi connectivity index (χ1) is 13.8. The summed E-state index contributed by atoms with van der Waals surface area (Å²) in [5.41, 5.74) is 4.10. The molecule has 1 aliphatic heterocycles. The predicted molar refractivity (Wildman–Crippen MR) is 109 cm³/mol. The highest BCUT2D eigenvalue weighted by Gasteiger charge is 2.26. The van der Waals surface area contributed by atoms with Crippen LogP contribution in [-0.4, -0.2) is 48.2 Å². The number of hydrogen-bond donors (Lipinski definition) is 0. The number of hydrogen-bond acceptors (Lipinski definition) is 5. The number of rotatable bonds is 6. The van der Waals surface area contributed by atoms with E-state index in [0.717, 1.165) is 48.8 Å². The molecule has 1 aromatic heterocycles. The minimum atomic E-state index is -0.0839. The standard InChI is InChI=1S/C23H25N3O2/c1-27-20-9-5-8-19(16-20)22-23(25-12-11-24-22)21-17-26(14-15-28-21)13-10-18-6-3-2-4-7-18/h2-9,11-12,16,21H,10,13-15,17H2,1H3/t21-/m1/s1. The molecular formula is C23H25N3O2. The van der Waals surface area contributed by atoms with Crippen molar-refractivity contribution in [3.63, 3.8) is 0 Å². The van der Waals surface area contributed by atoms with Crippen LogP contribution in [0.15, 0.2) is 67.0 Å². The van der Waals surface area contributed by atoms with Gasteiger partial charge in [0.25, 0.3) is 0 Å². The molecule has 0 saturated carbocycles. The van der Waals surface area contributed by atoms with Crippen molar-refractivity contribution >= 4 is 0 Å². The van der Waals surface area contributed by atoms with E-state index in [9.17, 15) is 0 Å². The monoisotopic (exact) mass is 375 g/mol. The molecule has 0 bridgehead atoms. The molecule has 0 N–H and O–H groups in total. The Morgan fingerprint density at radius 3 is 2.79 bits per heavy atom. The van der Waals surface area contributed by atoms with E-state index in [-0.39, 0.29) is 6.10 Å². The van der Waals surface area contributed by atoms with Gasteiger partial charge < -0.3 is 9.47 Å². The summed E-state index contributed by atoms with van der Waals surface area (Å²) in [5.74, 6) is 0.808. The Hall–Kier alpha value is -2.76. The van der Waals surface area contributed by atoms with E-state index in [4.69, 9.17) is 9.47 Å². The number of methoxy groups -OCH3 is 1. The molecule has 5 nitrogen and oxygen atoms in total. The van der Waals surface area contributed by atoms with Gasteiger partial charge in [0, 0.05) is 37.6 Å². The topological polar surface area (TPSA) is 47.5 Å². The van der Waals surface area contributed by atoms with Gasteiger partial charge in [-0.3, -0.25) is 14.9 Å². The van der Waals surface area contributed by atoms with Crippen LogP contribution in [0.5, 0.6) is 5.75 Å². The molecule has 0 unspecified atom stereocenters. The molecule has 1 atom stereocenters. The van der Waals surface area contributed by atoms with Gasteiger partial charge in [-0.2, -0.15) is 0 Å². The number of morpholine rings is 1. The lowest BCUT2D eigenvalue weighted by molar-refractivity contribution is -0.0315. The zero-order valence-corrected chi connectivity index (χ0v) is 16.1. The third-order valence-corrected chi connectivity index (χ3v) is 5.08. The second-order valence-electron chi connectivity index (χ2n) is 6.92. The van der Waals surface area contributed by atoms with E-state index in [1.165, 1.54) is 5.56 Å². The van der Waals surface area contributed by atoms with Crippen molar-refractivity contribution in [2.75, 3.05) is 33.4 Å². The molecular weight excluding hydrogens is 350 g/mol. The van der Waals surface area contributed by atoms with Crippen molar-refractivity contribution in [3.8, 4) is 17.0 Å². The van der Waals surface area contributed by atoms with Crippen LogP contribution in [0, 0.1) is 0 Å². The van der Waals surface area contributed by atoms with Crippen molar-refractivity contribution in [1.29, 1.82) is 0 Å². The summed E-state index contributed by atoms with van der Waals surface area (Å²) in [6.45, 7) is 3.48. The molecule has 0 spiro atoms. The van der Waals surface area contributed by atoms with Gasteiger partial charge in [-0.25, -0.2) is 0 Å².